The lowest BCUT2D eigenvalue weighted by molar-refractivity contribution is -0.132. The number of nitrogens with zero attached hydrogens (tertiary/aromatic N) is 4. The first-order valence-corrected chi connectivity index (χ1v) is 7.27. The van der Waals surface area contributed by atoms with E-state index in [9.17, 15) is 9.59 Å². The van der Waals surface area contributed by atoms with E-state index in [2.05, 4.69) is 15.2 Å². The first-order valence-electron chi connectivity index (χ1n) is 7.27. The molecule has 2 aliphatic heterocycles. The molecule has 0 unspecified atom stereocenters. The predicted molar refractivity (Wildman–Crippen MR) is 76.3 cm³/mol. The van der Waals surface area contributed by atoms with Gasteiger partial charge in [0.05, 0.1) is 6.54 Å². The molecule has 3 rings (SSSR count). The normalized spacial score (nSPS) is 26.4. The number of aryl methyl sites for hydroxylation is 1. The fraction of sp³-hybridized carbons (Fsp3) is 0.643. The van der Waals surface area contributed by atoms with Crippen molar-refractivity contribution in [1.82, 2.24) is 24.7 Å². The molecule has 0 aliphatic carbocycles. The van der Waals surface area contributed by atoms with Gasteiger partial charge in [0.1, 0.15) is 11.4 Å². The molecule has 3 heterocycles. The van der Waals surface area contributed by atoms with E-state index in [1.807, 2.05) is 31.7 Å². The molecule has 2 aliphatic rings. The number of imide groups is 1. The van der Waals surface area contributed by atoms with Crippen molar-refractivity contribution in [2.75, 3.05) is 13.1 Å². The summed E-state index contributed by atoms with van der Waals surface area (Å²) in [7, 11) is 1.96. The Labute approximate surface area is 123 Å². The van der Waals surface area contributed by atoms with Gasteiger partial charge in [0, 0.05) is 38.6 Å². The van der Waals surface area contributed by atoms with E-state index in [-0.39, 0.29) is 18.0 Å². The molecule has 7 heteroatoms. The third-order valence-electron chi connectivity index (χ3n) is 4.34. The molecule has 0 aromatic carbocycles. The molecular weight excluding hydrogens is 270 g/mol. The van der Waals surface area contributed by atoms with Crippen molar-refractivity contribution in [3.63, 3.8) is 0 Å². The Kier molecular flexibility index (Phi) is 3.24. The van der Waals surface area contributed by atoms with Crippen LogP contribution in [0.5, 0.6) is 0 Å². The van der Waals surface area contributed by atoms with Crippen LogP contribution in [0.15, 0.2) is 12.4 Å². The molecule has 0 bridgehead atoms. The lowest BCUT2D eigenvalue weighted by Gasteiger charge is -2.23. The van der Waals surface area contributed by atoms with E-state index in [0.717, 1.165) is 12.4 Å². The Morgan fingerprint density at radius 1 is 1.43 bits per heavy atom. The number of hydrogen-bond donors (Lipinski definition) is 1. The maximum atomic E-state index is 12.6. The zero-order valence-electron chi connectivity index (χ0n) is 12.7. The number of hydrogen-bond acceptors (Lipinski definition) is 4. The van der Waals surface area contributed by atoms with Crippen LogP contribution in [0.3, 0.4) is 0 Å². The topological polar surface area (TPSA) is 70.5 Å². The van der Waals surface area contributed by atoms with Crippen LogP contribution in [-0.4, -0.2) is 56.0 Å². The third-order valence-corrected chi connectivity index (χ3v) is 4.34. The predicted octanol–water partition coefficient (Wildman–Crippen LogP) is 0.325. The fourth-order valence-electron chi connectivity index (χ4n) is 3.16. The zero-order valence-corrected chi connectivity index (χ0v) is 12.7. The highest BCUT2D eigenvalue weighted by molar-refractivity contribution is 6.07. The van der Waals surface area contributed by atoms with Crippen molar-refractivity contribution >= 4 is 11.9 Å². The molecule has 1 N–H and O–H groups in total. The highest BCUT2D eigenvalue weighted by atomic mass is 16.2. The summed E-state index contributed by atoms with van der Waals surface area (Å²) in [5.74, 6) is 0.870. The summed E-state index contributed by atoms with van der Waals surface area (Å²) in [6.45, 7) is 5.74. The third kappa shape index (κ3) is 2.21. The number of amides is 3. The number of aromatic nitrogens is 2. The summed E-state index contributed by atoms with van der Waals surface area (Å²) in [4.78, 5) is 32.4. The van der Waals surface area contributed by atoms with Crippen LogP contribution in [0.4, 0.5) is 4.79 Å². The number of urea groups is 1. The van der Waals surface area contributed by atoms with Gasteiger partial charge in [-0.3, -0.25) is 14.6 Å². The van der Waals surface area contributed by atoms with Crippen LogP contribution in [0.2, 0.25) is 0 Å². The number of imidazole rings is 1. The van der Waals surface area contributed by atoms with E-state index in [0.29, 0.717) is 19.5 Å². The number of rotatable bonds is 3. The number of likely N-dealkylation sites (tertiary alicyclic amines) is 1. The van der Waals surface area contributed by atoms with Crippen LogP contribution >= 0.6 is 0 Å². The number of carbonyl (C=O) groups excluding carboxylic acids is 2. The van der Waals surface area contributed by atoms with Crippen molar-refractivity contribution in [3.05, 3.63) is 18.2 Å². The molecule has 21 heavy (non-hydrogen) atoms. The molecule has 114 valence electrons. The van der Waals surface area contributed by atoms with Crippen LogP contribution in [0.25, 0.3) is 0 Å². The maximum absolute atomic E-state index is 12.6. The van der Waals surface area contributed by atoms with Gasteiger partial charge in [-0.1, -0.05) is 0 Å². The molecule has 1 atom stereocenters. The Bertz CT molecular complexity index is 582. The second-order valence-electron chi connectivity index (χ2n) is 6.20. The van der Waals surface area contributed by atoms with Crippen LogP contribution in [-0.2, 0) is 18.4 Å². The van der Waals surface area contributed by atoms with Gasteiger partial charge in [-0.15, -0.1) is 0 Å². The lowest BCUT2D eigenvalue weighted by Crippen LogP contribution is -2.49. The second-order valence-corrected chi connectivity index (χ2v) is 6.20. The van der Waals surface area contributed by atoms with E-state index >= 15 is 0 Å². The number of nitrogens with one attached hydrogen (secondary N) is 1. The molecule has 1 aromatic rings. The number of carbonyl (C=O) groups is 2. The van der Waals surface area contributed by atoms with Gasteiger partial charge in [0.25, 0.3) is 5.91 Å². The van der Waals surface area contributed by atoms with Gasteiger partial charge in [-0.25, -0.2) is 9.78 Å². The fourth-order valence-corrected chi connectivity index (χ4v) is 3.16. The van der Waals surface area contributed by atoms with Crippen molar-refractivity contribution in [2.24, 2.45) is 7.05 Å². The monoisotopic (exact) mass is 291 g/mol. The Balaban J connectivity index is 1.73. The van der Waals surface area contributed by atoms with Gasteiger partial charge in [0.15, 0.2) is 0 Å². The first-order chi connectivity index (χ1) is 9.93. The molecule has 3 amide bonds. The lowest BCUT2D eigenvalue weighted by atomic mass is 9.98. The summed E-state index contributed by atoms with van der Waals surface area (Å²) in [5, 5.41) is 2.90. The van der Waals surface area contributed by atoms with Gasteiger partial charge in [0.2, 0.25) is 0 Å². The van der Waals surface area contributed by atoms with E-state index in [4.69, 9.17) is 0 Å². The Morgan fingerprint density at radius 3 is 2.76 bits per heavy atom. The molecule has 2 fully saturated rings. The van der Waals surface area contributed by atoms with Crippen molar-refractivity contribution in [1.29, 1.82) is 0 Å². The molecule has 0 saturated carbocycles. The van der Waals surface area contributed by atoms with E-state index < -0.39 is 5.54 Å². The van der Waals surface area contributed by atoms with Gasteiger partial charge in [-0.05, 0) is 20.3 Å². The molecule has 1 spiro atoms. The highest BCUT2D eigenvalue weighted by Crippen LogP contribution is 2.30. The zero-order chi connectivity index (χ0) is 15.2. The minimum Gasteiger partial charge on any atom is -0.337 e. The van der Waals surface area contributed by atoms with Crippen LogP contribution < -0.4 is 5.32 Å². The summed E-state index contributed by atoms with van der Waals surface area (Å²) >= 11 is 0. The van der Waals surface area contributed by atoms with Crippen molar-refractivity contribution < 1.29 is 9.59 Å². The highest BCUT2D eigenvalue weighted by Gasteiger charge is 2.55. The molecular formula is C14H21N5O2. The van der Waals surface area contributed by atoms with Gasteiger partial charge < -0.3 is 9.88 Å². The minimum atomic E-state index is -0.744. The average Bonchev–Trinajstić information content (AvgIpc) is 3.04. The summed E-state index contributed by atoms with van der Waals surface area (Å²) in [5.41, 5.74) is -0.744. The first kappa shape index (κ1) is 14.1. The van der Waals surface area contributed by atoms with Crippen LogP contribution in [0.1, 0.15) is 26.1 Å². The molecule has 0 radical (unpaired) electrons. The smallest absolute Gasteiger partial charge is 0.325 e. The van der Waals surface area contributed by atoms with Gasteiger partial charge in [-0.2, -0.15) is 0 Å². The van der Waals surface area contributed by atoms with E-state index in [1.54, 1.807) is 6.20 Å². The minimum absolute atomic E-state index is 0.0927. The summed E-state index contributed by atoms with van der Waals surface area (Å²) in [6, 6.07) is -0.380. The maximum Gasteiger partial charge on any atom is 0.325 e. The largest absolute Gasteiger partial charge is 0.337 e. The summed E-state index contributed by atoms with van der Waals surface area (Å²) in [6.07, 6.45) is 4.33. The van der Waals surface area contributed by atoms with Gasteiger partial charge >= 0.3 is 6.03 Å². The molecule has 2 saturated heterocycles. The standard InChI is InChI=1S/C14H21N5O2/c1-10(2)19-12(20)14(16-13(19)21)4-6-18(9-14)8-11-15-5-7-17(11)3/h5,7,10H,4,6,8-9H2,1-3H3,(H,16,21)/t14-/m1/s1. The molecule has 1 aromatic heterocycles. The average molecular weight is 291 g/mol. The van der Waals surface area contributed by atoms with Crippen molar-refractivity contribution in [2.45, 2.75) is 38.4 Å². The van der Waals surface area contributed by atoms with Crippen molar-refractivity contribution in [3.8, 4) is 0 Å². The van der Waals surface area contributed by atoms with Crippen LogP contribution in [0, 0.1) is 0 Å². The van der Waals surface area contributed by atoms with E-state index in [1.165, 1.54) is 4.90 Å². The SMILES string of the molecule is CC(C)N1C(=O)N[C@@]2(CCN(Cc3nccn3C)C2)C1=O. The quantitative estimate of drug-likeness (QED) is 0.815. The second kappa shape index (κ2) is 4.84. The Hall–Kier alpha value is -1.89. The molecule has 7 nitrogen and oxygen atoms in total. The Morgan fingerprint density at radius 2 is 2.19 bits per heavy atom. The summed E-state index contributed by atoms with van der Waals surface area (Å²) < 4.78 is 1.97.